The molecule has 2 rings (SSSR count). The quantitative estimate of drug-likeness (QED) is 0.908. The molecule has 1 aromatic carbocycles. The lowest BCUT2D eigenvalue weighted by molar-refractivity contribution is -0.122. The van der Waals surface area contributed by atoms with Crippen molar-refractivity contribution in [3.05, 3.63) is 22.2 Å². The average Bonchev–Trinajstić information content (AvgIpc) is 2.60. The van der Waals surface area contributed by atoms with E-state index in [1.165, 1.54) is 0 Å². The number of aryl methyl sites for hydroxylation is 1. The minimum atomic E-state index is -0.254. The zero-order valence-corrected chi connectivity index (χ0v) is 13.7. The fourth-order valence-corrected chi connectivity index (χ4v) is 2.38. The van der Waals surface area contributed by atoms with Crippen LogP contribution >= 0.6 is 23.2 Å². The molecule has 114 valence electrons. The number of fused-ring (bicyclic) bond motifs is 1. The van der Waals surface area contributed by atoms with Crippen molar-refractivity contribution >= 4 is 46.1 Å². The van der Waals surface area contributed by atoms with Gasteiger partial charge in [-0.2, -0.15) is 0 Å². The molecule has 0 aliphatic heterocycles. The molecule has 7 heteroatoms. The lowest BCUT2D eigenvalue weighted by Gasteiger charge is -2.20. The highest BCUT2D eigenvalue weighted by Gasteiger charge is 2.15. The van der Waals surface area contributed by atoms with Crippen LogP contribution in [0, 0.1) is 0 Å². The van der Waals surface area contributed by atoms with Crippen LogP contribution in [0.1, 0.15) is 27.2 Å². The summed E-state index contributed by atoms with van der Waals surface area (Å²) in [6.45, 7) is 6.25. The van der Waals surface area contributed by atoms with Gasteiger partial charge in [0.05, 0.1) is 21.1 Å². The van der Waals surface area contributed by atoms with Gasteiger partial charge in [0.25, 0.3) is 0 Å². The Morgan fingerprint density at radius 1 is 1.33 bits per heavy atom. The molecule has 1 amide bonds. The molecule has 0 fully saturated rings. The summed E-state index contributed by atoms with van der Waals surface area (Å²) in [6.07, 6.45) is 0.313. The third-order valence-corrected chi connectivity index (χ3v) is 3.62. The lowest BCUT2D eigenvalue weighted by Crippen LogP contribution is -2.40. The third kappa shape index (κ3) is 3.80. The predicted octanol–water partition coefficient (Wildman–Crippen LogP) is 3.23. The Labute approximate surface area is 133 Å². The number of nitrogen functional groups attached to an aromatic ring is 1. The summed E-state index contributed by atoms with van der Waals surface area (Å²) < 4.78 is 1.76. The zero-order chi connectivity index (χ0) is 15.8. The van der Waals surface area contributed by atoms with Gasteiger partial charge in [0.2, 0.25) is 11.9 Å². The lowest BCUT2D eigenvalue weighted by atomic mass is 10.1. The molecule has 5 nitrogen and oxygen atoms in total. The summed E-state index contributed by atoms with van der Waals surface area (Å²) in [6, 6.07) is 3.38. The first-order valence-corrected chi connectivity index (χ1v) is 7.35. The fourth-order valence-electron chi connectivity index (χ4n) is 2.07. The van der Waals surface area contributed by atoms with Crippen molar-refractivity contribution in [2.24, 2.45) is 0 Å². The molecule has 0 unspecified atom stereocenters. The van der Waals surface area contributed by atoms with Gasteiger partial charge in [-0.3, -0.25) is 4.79 Å². The van der Waals surface area contributed by atoms with Gasteiger partial charge >= 0.3 is 0 Å². The van der Waals surface area contributed by atoms with Gasteiger partial charge in [0.1, 0.15) is 0 Å². The number of amides is 1. The van der Waals surface area contributed by atoms with E-state index in [1.807, 2.05) is 20.8 Å². The molecular weight excluding hydrogens is 311 g/mol. The van der Waals surface area contributed by atoms with Gasteiger partial charge in [-0.25, -0.2) is 4.98 Å². The highest BCUT2D eigenvalue weighted by Crippen LogP contribution is 2.29. The molecule has 0 spiro atoms. The maximum atomic E-state index is 11.9. The molecule has 0 bridgehead atoms. The van der Waals surface area contributed by atoms with Gasteiger partial charge in [0, 0.05) is 18.5 Å². The molecule has 0 saturated carbocycles. The Kier molecular flexibility index (Phi) is 4.35. The van der Waals surface area contributed by atoms with Crippen molar-refractivity contribution in [2.75, 3.05) is 5.73 Å². The van der Waals surface area contributed by atoms with Gasteiger partial charge < -0.3 is 15.6 Å². The second-order valence-corrected chi connectivity index (χ2v) is 6.74. The van der Waals surface area contributed by atoms with Crippen LogP contribution < -0.4 is 11.1 Å². The van der Waals surface area contributed by atoms with Crippen LogP contribution in [0.5, 0.6) is 0 Å². The molecule has 1 aromatic heterocycles. The molecule has 3 N–H and O–H groups in total. The molecule has 0 aliphatic carbocycles. The van der Waals surface area contributed by atoms with Crippen LogP contribution in [0.4, 0.5) is 5.95 Å². The molecule has 0 saturated heterocycles. The van der Waals surface area contributed by atoms with Crippen molar-refractivity contribution in [2.45, 2.75) is 39.3 Å². The summed E-state index contributed by atoms with van der Waals surface area (Å²) >= 11 is 12.0. The third-order valence-electron chi connectivity index (χ3n) is 2.90. The van der Waals surface area contributed by atoms with Crippen molar-refractivity contribution in [3.63, 3.8) is 0 Å². The summed E-state index contributed by atoms with van der Waals surface area (Å²) in [5, 5.41) is 3.77. The van der Waals surface area contributed by atoms with Crippen LogP contribution in [0.3, 0.4) is 0 Å². The van der Waals surface area contributed by atoms with Crippen LogP contribution in [0.25, 0.3) is 11.0 Å². The summed E-state index contributed by atoms with van der Waals surface area (Å²) in [4.78, 5) is 16.1. The number of hydrogen-bond donors (Lipinski definition) is 2. The first-order valence-electron chi connectivity index (χ1n) is 6.59. The first-order chi connectivity index (χ1) is 9.67. The largest absolute Gasteiger partial charge is 0.369 e. The monoisotopic (exact) mass is 328 g/mol. The Morgan fingerprint density at radius 2 is 1.95 bits per heavy atom. The van der Waals surface area contributed by atoms with E-state index in [1.54, 1.807) is 16.7 Å². The Hall–Kier alpha value is -1.46. The zero-order valence-electron chi connectivity index (χ0n) is 12.2. The van der Waals surface area contributed by atoms with E-state index >= 15 is 0 Å². The number of anilines is 1. The van der Waals surface area contributed by atoms with E-state index < -0.39 is 0 Å². The second-order valence-electron chi connectivity index (χ2n) is 5.92. The molecule has 21 heavy (non-hydrogen) atoms. The standard InChI is InChI=1S/C14H18Cl2N4O/c1-14(2,3)19-12(21)4-5-20-11-7-9(16)8(15)6-10(11)18-13(20)17/h6-7H,4-5H2,1-3H3,(H2,17,18)(H,19,21). The normalized spacial score (nSPS) is 11.9. The number of benzene rings is 1. The van der Waals surface area contributed by atoms with Crippen LogP contribution in [0.2, 0.25) is 10.0 Å². The number of nitrogens with zero attached hydrogens (tertiary/aromatic N) is 2. The molecule has 2 aromatic rings. The van der Waals surface area contributed by atoms with E-state index in [4.69, 9.17) is 28.9 Å². The van der Waals surface area contributed by atoms with E-state index in [0.717, 1.165) is 5.52 Å². The van der Waals surface area contributed by atoms with Gasteiger partial charge in [-0.05, 0) is 32.9 Å². The molecule has 0 radical (unpaired) electrons. The maximum Gasteiger partial charge on any atom is 0.222 e. The summed E-state index contributed by atoms with van der Waals surface area (Å²) in [7, 11) is 0. The highest BCUT2D eigenvalue weighted by atomic mass is 35.5. The van der Waals surface area contributed by atoms with E-state index in [0.29, 0.717) is 34.5 Å². The van der Waals surface area contributed by atoms with E-state index in [-0.39, 0.29) is 11.4 Å². The van der Waals surface area contributed by atoms with Crippen molar-refractivity contribution in [3.8, 4) is 0 Å². The minimum Gasteiger partial charge on any atom is -0.369 e. The van der Waals surface area contributed by atoms with E-state index in [9.17, 15) is 4.79 Å². The molecule has 0 aliphatic rings. The molecule has 0 atom stereocenters. The van der Waals surface area contributed by atoms with Gasteiger partial charge in [-0.1, -0.05) is 23.2 Å². The number of carbonyl (C=O) groups excluding carboxylic acids is 1. The number of nitrogens with one attached hydrogen (secondary N) is 1. The maximum absolute atomic E-state index is 11.9. The van der Waals surface area contributed by atoms with Crippen molar-refractivity contribution in [1.82, 2.24) is 14.9 Å². The summed E-state index contributed by atoms with van der Waals surface area (Å²) in [5.41, 5.74) is 7.08. The summed E-state index contributed by atoms with van der Waals surface area (Å²) in [5.74, 6) is 0.302. The smallest absolute Gasteiger partial charge is 0.222 e. The fraction of sp³-hybridized carbons (Fsp3) is 0.429. The van der Waals surface area contributed by atoms with Crippen LogP contribution in [-0.2, 0) is 11.3 Å². The van der Waals surface area contributed by atoms with E-state index in [2.05, 4.69) is 10.3 Å². The SMILES string of the molecule is CC(C)(C)NC(=O)CCn1c(N)nc2cc(Cl)c(Cl)cc21. The molecule has 1 heterocycles. The van der Waals surface area contributed by atoms with Gasteiger partial charge in [-0.15, -0.1) is 0 Å². The highest BCUT2D eigenvalue weighted by molar-refractivity contribution is 6.42. The predicted molar refractivity (Wildman–Crippen MR) is 86.7 cm³/mol. The topological polar surface area (TPSA) is 72.9 Å². The number of hydrogen-bond acceptors (Lipinski definition) is 3. The number of nitrogens with two attached hydrogens (primary N) is 1. The average molecular weight is 329 g/mol. The number of carbonyl (C=O) groups is 1. The Balaban J connectivity index is 2.21. The second kappa shape index (κ2) is 5.73. The number of imidazole rings is 1. The minimum absolute atomic E-state index is 0.0381. The molecular formula is C14H18Cl2N4O. The Morgan fingerprint density at radius 3 is 2.57 bits per heavy atom. The number of rotatable bonds is 3. The van der Waals surface area contributed by atoms with Crippen LogP contribution in [-0.4, -0.2) is 21.0 Å². The first kappa shape index (κ1) is 15.9. The number of halogens is 2. The Bertz CT molecular complexity index is 688. The number of aromatic nitrogens is 2. The van der Waals surface area contributed by atoms with Crippen molar-refractivity contribution in [1.29, 1.82) is 0 Å². The van der Waals surface area contributed by atoms with Gasteiger partial charge in [0.15, 0.2) is 0 Å². The van der Waals surface area contributed by atoms with Crippen molar-refractivity contribution < 1.29 is 4.79 Å². The van der Waals surface area contributed by atoms with Crippen LogP contribution in [0.15, 0.2) is 12.1 Å².